The third-order valence-corrected chi connectivity index (χ3v) is 3.59. The molecule has 0 bridgehead atoms. The van der Waals surface area contributed by atoms with Gasteiger partial charge in [-0.2, -0.15) is 0 Å². The van der Waals surface area contributed by atoms with E-state index in [2.05, 4.69) is 17.3 Å². The third kappa shape index (κ3) is 4.10. The lowest BCUT2D eigenvalue weighted by Crippen LogP contribution is -2.34. The largest absolute Gasteiger partial charge is 0.497 e. The van der Waals surface area contributed by atoms with Gasteiger partial charge in [0.2, 0.25) is 0 Å². The summed E-state index contributed by atoms with van der Waals surface area (Å²) in [5.41, 5.74) is 1.15. The average Bonchev–Trinajstić information content (AvgIpc) is 2.83. The van der Waals surface area contributed by atoms with E-state index >= 15 is 0 Å². The van der Waals surface area contributed by atoms with Crippen molar-refractivity contribution in [2.75, 3.05) is 34.4 Å². The zero-order valence-electron chi connectivity index (χ0n) is 12.4. The number of aliphatic hydroxyl groups is 1. The fourth-order valence-electron chi connectivity index (χ4n) is 2.65. The molecule has 2 N–H and O–H groups in total. The number of methoxy groups -OCH3 is 2. The maximum absolute atomic E-state index is 9.52. The summed E-state index contributed by atoms with van der Waals surface area (Å²) in [5, 5.41) is 12.9. The van der Waals surface area contributed by atoms with E-state index in [1.807, 2.05) is 18.2 Å². The molecule has 0 amide bonds. The molecule has 2 atom stereocenters. The molecule has 1 aliphatic rings. The van der Waals surface area contributed by atoms with Crippen LogP contribution in [0.5, 0.6) is 11.5 Å². The molecule has 5 heteroatoms. The number of hydrogen-bond acceptors (Lipinski definition) is 5. The molecule has 0 aliphatic carbocycles. The van der Waals surface area contributed by atoms with E-state index in [4.69, 9.17) is 9.47 Å². The highest BCUT2D eigenvalue weighted by Crippen LogP contribution is 2.23. The lowest BCUT2D eigenvalue weighted by atomic mass is 10.1. The number of β-amino-alcohol motifs (C(OH)–C–C–N with tert-alkyl or cyclic N) is 1. The quantitative estimate of drug-likeness (QED) is 0.809. The molecule has 1 saturated heterocycles. The van der Waals surface area contributed by atoms with Gasteiger partial charge in [0.1, 0.15) is 11.5 Å². The van der Waals surface area contributed by atoms with Crippen molar-refractivity contribution in [2.24, 2.45) is 0 Å². The number of likely N-dealkylation sites (N-methyl/N-ethyl adjacent to an activating group) is 1. The summed E-state index contributed by atoms with van der Waals surface area (Å²) in [6.45, 7) is 2.43. The summed E-state index contributed by atoms with van der Waals surface area (Å²) in [7, 11) is 5.40. The molecule has 112 valence electrons. The standard InChI is InChI=1S/C15H24N2O3/c1-17(10-12-6-13(18)8-16-12)9-11-4-14(19-2)7-15(5-11)20-3/h4-5,7,12-13,16,18H,6,8-10H2,1-3H3/t12-,13+/m0/s1. The van der Waals surface area contributed by atoms with E-state index in [1.165, 1.54) is 0 Å². The molecule has 0 unspecified atom stereocenters. The van der Waals surface area contributed by atoms with Crippen LogP contribution in [0, 0.1) is 0 Å². The first-order chi connectivity index (χ1) is 9.60. The Hall–Kier alpha value is -1.30. The first-order valence-corrected chi connectivity index (χ1v) is 6.92. The molecule has 1 fully saturated rings. The van der Waals surface area contributed by atoms with Crippen molar-refractivity contribution < 1.29 is 14.6 Å². The van der Waals surface area contributed by atoms with Crippen molar-refractivity contribution in [1.82, 2.24) is 10.2 Å². The van der Waals surface area contributed by atoms with Crippen molar-refractivity contribution in [3.05, 3.63) is 23.8 Å². The summed E-state index contributed by atoms with van der Waals surface area (Å²) in [6, 6.07) is 6.28. The van der Waals surface area contributed by atoms with E-state index in [1.54, 1.807) is 14.2 Å². The van der Waals surface area contributed by atoms with E-state index < -0.39 is 0 Å². The van der Waals surface area contributed by atoms with Crippen molar-refractivity contribution in [2.45, 2.75) is 25.1 Å². The van der Waals surface area contributed by atoms with E-state index in [0.29, 0.717) is 12.6 Å². The number of nitrogens with one attached hydrogen (secondary N) is 1. The van der Waals surface area contributed by atoms with Crippen molar-refractivity contribution in [3.63, 3.8) is 0 Å². The number of nitrogens with zero attached hydrogens (tertiary/aromatic N) is 1. The SMILES string of the molecule is COc1cc(CN(C)C[C@@H]2C[C@@H](O)CN2)cc(OC)c1. The molecule has 1 aromatic rings. The van der Waals surface area contributed by atoms with Crippen LogP contribution >= 0.6 is 0 Å². The Morgan fingerprint density at radius 3 is 2.40 bits per heavy atom. The molecule has 1 aliphatic heterocycles. The van der Waals surface area contributed by atoms with Crippen LogP contribution in [0.25, 0.3) is 0 Å². The normalized spacial score (nSPS) is 22.2. The highest BCUT2D eigenvalue weighted by molar-refractivity contribution is 5.38. The predicted molar refractivity (Wildman–Crippen MR) is 78.3 cm³/mol. The topological polar surface area (TPSA) is 54.0 Å². The Morgan fingerprint density at radius 2 is 1.90 bits per heavy atom. The number of rotatable bonds is 6. The minimum atomic E-state index is -0.203. The number of aliphatic hydroxyl groups excluding tert-OH is 1. The maximum Gasteiger partial charge on any atom is 0.122 e. The maximum atomic E-state index is 9.52. The van der Waals surface area contributed by atoms with Crippen LogP contribution in [0.2, 0.25) is 0 Å². The number of benzene rings is 1. The third-order valence-electron chi connectivity index (χ3n) is 3.59. The lowest BCUT2D eigenvalue weighted by molar-refractivity contribution is 0.189. The minimum absolute atomic E-state index is 0.203. The van der Waals surface area contributed by atoms with Gasteiger partial charge in [-0.1, -0.05) is 0 Å². The van der Waals surface area contributed by atoms with Crippen LogP contribution in [-0.4, -0.2) is 56.5 Å². The molecular formula is C15H24N2O3. The molecule has 0 spiro atoms. The Kier molecular flexibility index (Phi) is 5.23. The van der Waals surface area contributed by atoms with E-state index in [0.717, 1.165) is 36.6 Å². The van der Waals surface area contributed by atoms with Gasteiger partial charge in [0.15, 0.2) is 0 Å². The monoisotopic (exact) mass is 280 g/mol. The highest BCUT2D eigenvalue weighted by atomic mass is 16.5. The first kappa shape index (κ1) is 15.1. The van der Waals surface area contributed by atoms with Crippen molar-refractivity contribution >= 4 is 0 Å². The highest BCUT2D eigenvalue weighted by Gasteiger charge is 2.22. The number of ether oxygens (including phenoxy) is 2. The Bertz CT molecular complexity index is 417. The van der Waals surface area contributed by atoms with Crippen LogP contribution in [0.4, 0.5) is 0 Å². The van der Waals surface area contributed by atoms with E-state index in [9.17, 15) is 5.11 Å². The van der Waals surface area contributed by atoms with Gasteiger partial charge in [0, 0.05) is 31.7 Å². The second kappa shape index (κ2) is 6.92. The fourth-order valence-corrected chi connectivity index (χ4v) is 2.65. The fraction of sp³-hybridized carbons (Fsp3) is 0.600. The minimum Gasteiger partial charge on any atom is -0.497 e. The van der Waals surface area contributed by atoms with Gasteiger partial charge in [-0.3, -0.25) is 0 Å². The zero-order chi connectivity index (χ0) is 14.5. The van der Waals surface area contributed by atoms with Crippen molar-refractivity contribution in [1.29, 1.82) is 0 Å². The molecule has 0 aromatic heterocycles. The Balaban J connectivity index is 1.94. The molecule has 0 radical (unpaired) electrons. The summed E-state index contributed by atoms with van der Waals surface area (Å²) < 4.78 is 10.6. The van der Waals surface area contributed by atoms with E-state index in [-0.39, 0.29) is 6.10 Å². The van der Waals surface area contributed by atoms with Crippen molar-refractivity contribution in [3.8, 4) is 11.5 Å². The van der Waals surface area contributed by atoms with Crippen LogP contribution < -0.4 is 14.8 Å². The van der Waals surface area contributed by atoms with Crippen LogP contribution in [0.15, 0.2) is 18.2 Å². The zero-order valence-corrected chi connectivity index (χ0v) is 12.4. The molecule has 1 aromatic carbocycles. The molecule has 2 rings (SSSR count). The second-order valence-corrected chi connectivity index (χ2v) is 5.41. The molecule has 20 heavy (non-hydrogen) atoms. The Labute approximate surface area is 120 Å². The van der Waals surface area contributed by atoms with Gasteiger partial charge in [-0.25, -0.2) is 0 Å². The number of hydrogen-bond donors (Lipinski definition) is 2. The van der Waals surface area contributed by atoms with Gasteiger partial charge in [0.05, 0.1) is 20.3 Å². The predicted octanol–water partition coefficient (Wildman–Crippen LogP) is 0.858. The summed E-state index contributed by atoms with van der Waals surface area (Å²) in [6.07, 6.45) is 0.622. The summed E-state index contributed by atoms with van der Waals surface area (Å²) in [4.78, 5) is 2.24. The lowest BCUT2D eigenvalue weighted by Gasteiger charge is -2.21. The van der Waals surface area contributed by atoms with Crippen LogP contribution in [-0.2, 0) is 6.54 Å². The molecular weight excluding hydrogens is 256 g/mol. The average molecular weight is 280 g/mol. The second-order valence-electron chi connectivity index (χ2n) is 5.41. The van der Waals surface area contributed by atoms with Gasteiger partial charge >= 0.3 is 0 Å². The molecule has 0 saturated carbocycles. The van der Waals surface area contributed by atoms with Gasteiger partial charge in [0.25, 0.3) is 0 Å². The van der Waals surface area contributed by atoms with Crippen LogP contribution in [0.3, 0.4) is 0 Å². The van der Waals surface area contributed by atoms with Gasteiger partial charge in [-0.15, -0.1) is 0 Å². The molecule has 5 nitrogen and oxygen atoms in total. The first-order valence-electron chi connectivity index (χ1n) is 6.92. The van der Waals surface area contributed by atoms with Gasteiger partial charge < -0.3 is 24.8 Å². The Morgan fingerprint density at radius 1 is 1.25 bits per heavy atom. The summed E-state index contributed by atoms with van der Waals surface area (Å²) >= 11 is 0. The molecule has 1 heterocycles. The smallest absolute Gasteiger partial charge is 0.122 e. The van der Waals surface area contributed by atoms with Gasteiger partial charge in [-0.05, 0) is 31.2 Å². The summed E-state index contributed by atoms with van der Waals surface area (Å²) in [5.74, 6) is 1.62. The van der Waals surface area contributed by atoms with Crippen LogP contribution in [0.1, 0.15) is 12.0 Å².